The van der Waals surface area contributed by atoms with Crippen LogP contribution >= 0.6 is 0 Å². The lowest BCUT2D eigenvalue weighted by Gasteiger charge is -2.62. The molecule has 29 heavy (non-hydrogen) atoms. The molecule has 0 aliphatic heterocycles. The summed E-state index contributed by atoms with van der Waals surface area (Å²) in [4.78, 5) is 13.9. The summed E-state index contributed by atoms with van der Waals surface area (Å²) >= 11 is 0. The summed E-state index contributed by atoms with van der Waals surface area (Å²) in [6.45, 7) is 13.1. The van der Waals surface area contributed by atoms with Crippen LogP contribution < -0.4 is 0 Å². The van der Waals surface area contributed by atoms with E-state index in [2.05, 4.69) is 27.4 Å². The van der Waals surface area contributed by atoms with Crippen LogP contribution in [0.25, 0.3) is 0 Å². The lowest BCUT2D eigenvalue weighted by molar-refractivity contribution is -0.229. The molecule has 3 fully saturated rings. The molecule has 5 heteroatoms. The molecule has 166 valence electrons. The van der Waals surface area contributed by atoms with Crippen molar-refractivity contribution >= 4 is 5.78 Å². The normalized spacial score (nSPS) is 47.4. The largest absolute Gasteiger partial charge is 0.381 e. The Hall–Kier alpha value is -0.750. The summed E-state index contributed by atoms with van der Waals surface area (Å²) in [7, 11) is 3.47. The second-order valence-electron chi connectivity index (χ2n) is 10.0. The second-order valence-corrected chi connectivity index (χ2v) is 10.0. The molecule has 0 aromatic rings. The van der Waals surface area contributed by atoms with Crippen LogP contribution in [0.5, 0.6) is 0 Å². The molecular formula is C24H40O5. The Morgan fingerprint density at radius 2 is 1.86 bits per heavy atom. The van der Waals surface area contributed by atoms with Gasteiger partial charge < -0.3 is 18.9 Å². The summed E-state index contributed by atoms with van der Waals surface area (Å²) in [6, 6.07) is 0. The first kappa shape index (κ1) is 22.9. The molecule has 0 spiro atoms. The average Bonchev–Trinajstić information content (AvgIpc) is 3.11. The fourth-order valence-corrected chi connectivity index (χ4v) is 7.14. The molecule has 0 N–H and O–H groups in total. The first-order chi connectivity index (χ1) is 13.7. The number of carbonyl (C=O) groups excluding carboxylic acids is 1. The van der Waals surface area contributed by atoms with Crippen molar-refractivity contribution in [1.82, 2.24) is 0 Å². The van der Waals surface area contributed by atoms with E-state index < -0.39 is 5.60 Å². The number of ether oxygens (including phenoxy) is 4. The number of ketones is 1. The van der Waals surface area contributed by atoms with Gasteiger partial charge in [0.25, 0.3) is 0 Å². The van der Waals surface area contributed by atoms with Gasteiger partial charge in [0.2, 0.25) is 0 Å². The van der Waals surface area contributed by atoms with E-state index in [1.807, 2.05) is 14.0 Å². The van der Waals surface area contributed by atoms with Gasteiger partial charge in [0.15, 0.2) is 5.78 Å². The van der Waals surface area contributed by atoms with Crippen molar-refractivity contribution in [3.05, 3.63) is 12.7 Å². The van der Waals surface area contributed by atoms with Crippen molar-refractivity contribution in [3.63, 3.8) is 0 Å². The quantitative estimate of drug-likeness (QED) is 0.462. The molecular weight excluding hydrogens is 368 g/mol. The molecule has 2 bridgehead atoms. The van der Waals surface area contributed by atoms with E-state index in [0.29, 0.717) is 18.9 Å². The van der Waals surface area contributed by atoms with Crippen LogP contribution in [0.4, 0.5) is 0 Å². The van der Waals surface area contributed by atoms with Crippen molar-refractivity contribution < 1.29 is 23.7 Å². The number of hydrogen-bond donors (Lipinski definition) is 0. The molecule has 3 unspecified atom stereocenters. The Morgan fingerprint density at radius 3 is 2.48 bits per heavy atom. The third kappa shape index (κ3) is 3.42. The van der Waals surface area contributed by atoms with Gasteiger partial charge in [0.1, 0.15) is 12.4 Å². The van der Waals surface area contributed by atoms with Gasteiger partial charge in [-0.05, 0) is 49.9 Å². The van der Waals surface area contributed by atoms with E-state index in [1.54, 1.807) is 13.2 Å². The van der Waals surface area contributed by atoms with Crippen LogP contribution in [0.1, 0.15) is 59.8 Å². The SMILES string of the molecule is C=CCO[C@]1(C)CC(OCOC)[C@@]2(C)C3[C@H](OC)CCC3(CC[C@H]2C)[C@@H](C)C1=O. The van der Waals surface area contributed by atoms with E-state index >= 15 is 0 Å². The minimum Gasteiger partial charge on any atom is -0.381 e. The third-order valence-electron chi connectivity index (χ3n) is 8.92. The maximum Gasteiger partial charge on any atom is 0.167 e. The average molecular weight is 409 g/mol. The fraction of sp³-hybridized carbons (Fsp3) is 0.875. The van der Waals surface area contributed by atoms with Gasteiger partial charge >= 0.3 is 0 Å². The molecule has 0 heterocycles. The summed E-state index contributed by atoms with van der Waals surface area (Å²) in [6.07, 6.45) is 6.46. The van der Waals surface area contributed by atoms with Gasteiger partial charge in [-0.2, -0.15) is 0 Å². The maximum atomic E-state index is 13.9. The maximum absolute atomic E-state index is 13.9. The molecule has 3 aliphatic carbocycles. The van der Waals surface area contributed by atoms with E-state index in [4.69, 9.17) is 18.9 Å². The monoisotopic (exact) mass is 408 g/mol. The molecule has 0 saturated heterocycles. The minimum atomic E-state index is -0.895. The van der Waals surface area contributed by atoms with E-state index in [1.165, 1.54) is 0 Å². The zero-order chi connectivity index (χ0) is 21.4. The van der Waals surface area contributed by atoms with Crippen LogP contribution in [-0.2, 0) is 23.7 Å². The lowest BCUT2D eigenvalue weighted by atomic mass is 9.45. The van der Waals surface area contributed by atoms with E-state index in [9.17, 15) is 4.79 Å². The van der Waals surface area contributed by atoms with Crippen molar-refractivity contribution in [3.8, 4) is 0 Å². The highest BCUT2D eigenvalue weighted by Gasteiger charge is 2.68. The summed E-state index contributed by atoms with van der Waals surface area (Å²) < 4.78 is 23.9. The molecule has 5 nitrogen and oxygen atoms in total. The number of carbonyl (C=O) groups is 1. The highest BCUT2D eigenvalue weighted by Crippen LogP contribution is 2.68. The summed E-state index contributed by atoms with van der Waals surface area (Å²) in [5.74, 6) is 0.872. The number of rotatable bonds is 7. The Morgan fingerprint density at radius 1 is 1.17 bits per heavy atom. The molecule has 8 atom stereocenters. The molecule has 0 amide bonds. The van der Waals surface area contributed by atoms with Crippen LogP contribution in [0.2, 0.25) is 0 Å². The predicted octanol–water partition coefficient (Wildman–Crippen LogP) is 4.39. The van der Waals surface area contributed by atoms with Crippen LogP contribution in [0, 0.1) is 28.6 Å². The van der Waals surface area contributed by atoms with Crippen molar-refractivity contribution in [2.45, 2.75) is 77.6 Å². The van der Waals surface area contributed by atoms with Crippen LogP contribution in [0.3, 0.4) is 0 Å². The number of Topliss-reactive ketones (excluding diaryl/α,β-unsaturated/α-hetero) is 1. The molecule has 3 aliphatic rings. The topological polar surface area (TPSA) is 54.0 Å². The van der Waals surface area contributed by atoms with Gasteiger partial charge in [-0.1, -0.05) is 26.8 Å². The van der Waals surface area contributed by atoms with Crippen LogP contribution in [0.15, 0.2) is 12.7 Å². The zero-order valence-electron chi connectivity index (χ0n) is 19.2. The molecule has 3 saturated carbocycles. The zero-order valence-corrected chi connectivity index (χ0v) is 19.2. The number of hydrogen-bond acceptors (Lipinski definition) is 5. The van der Waals surface area contributed by atoms with E-state index in [-0.39, 0.29) is 47.4 Å². The number of methoxy groups -OCH3 is 2. The Labute approximate surface area is 176 Å². The van der Waals surface area contributed by atoms with Gasteiger partial charge in [-0.15, -0.1) is 6.58 Å². The summed E-state index contributed by atoms with van der Waals surface area (Å²) in [5.41, 5.74) is -1.08. The minimum absolute atomic E-state index is 0.0626. The molecule has 0 aromatic carbocycles. The van der Waals surface area contributed by atoms with Crippen molar-refractivity contribution in [1.29, 1.82) is 0 Å². The highest BCUT2D eigenvalue weighted by molar-refractivity contribution is 5.90. The molecule has 0 radical (unpaired) electrons. The van der Waals surface area contributed by atoms with Gasteiger partial charge in [0.05, 0.1) is 18.8 Å². The molecule has 0 aromatic heterocycles. The van der Waals surface area contributed by atoms with Crippen molar-refractivity contribution in [2.24, 2.45) is 28.6 Å². The Kier molecular flexibility index (Phi) is 6.65. The predicted molar refractivity (Wildman–Crippen MR) is 113 cm³/mol. The van der Waals surface area contributed by atoms with Gasteiger partial charge in [-0.3, -0.25) is 4.79 Å². The lowest BCUT2D eigenvalue weighted by Crippen LogP contribution is -2.64. The van der Waals surface area contributed by atoms with Gasteiger partial charge in [-0.25, -0.2) is 0 Å². The summed E-state index contributed by atoms with van der Waals surface area (Å²) in [5, 5.41) is 0. The Balaban J connectivity index is 2.16. The van der Waals surface area contributed by atoms with Crippen molar-refractivity contribution in [2.75, 3.05) is 27.6 Å². The van der Waals surface area contributed by atoms with Crippen LogP contribution in [-0.4, -0.2) is 51.2 Å². The highest BCUT2D eigenvalue weighted by atomic mass is 16.7. The standard InChI is InChI=1S/C24H40O5/c1-8-13-29-22(4)14-19(28-15-26-6)23(5)16(2)9-11-24(17(3)21(22)25)12-10-18(27-7)20(23)24/h8,16-20H,1,9-15H2,2-7H3/t16-,17+,18-,19?,20?,22-,23+,24?/m1/s1. The molecule has 3 rings (SSSR count). The Bertz CT molecular complexity index is 620. The third-order valence-corrected chi connectivity index (χ3v) is 8.92. The van der Waals surface area contributed by atoms with Gasteiger partial charge in [0, 0.05) is 32.0 Å². The van der Waals surface area contributed by atoms with E-state index in [0.717, 1.165) is 25.7 Å². The first-order valence-corrected chi connectivity index (χ1v) is 11.1. The fourth-order valence-electron chi connectivity index (χ4n) is 7.14. The smallest absolute Gasteiger partial charge is 0.167 e. The first-order valence-electron chi connectivity index (χ1n) is 11.1. The second kappa shape index (κ2) is 8.41.